The van der Waals surface area contributed by atoms with E-state index in [1.165, 1.54) is 45.5 Å². The summed E-state index contributed by atoms with van der Waals surface area (Å²) in [7, 11) is 5.87. The summed E-state index contributed by atoms with van der Waals surface area (Å²) < 4.78 is 27.2. The molecule has 0 saturated carbocycles. The van der Waals surface area contributed by atoms with Crippen LogP contribution in [0.3, 0.4) is 0 Å². The van der Waals surface area contributed by atoms with Gasteiger partial charge in [0.05, 0.1) is 57.2 Å². The van der Waals surface area contributed by atoms with Crippen LogP contribution in [0, 0.1) is 0 Å². The Hall–Kier alpha value is -4.37. The number of carbonyl (C=O) groups is 2. The van der Waals surface area contributed by atoms with E-state index >= 15 is 0 Å². The van der Waals surface area contributed by atoms with E-state index in [1.54, 1.807) is 42.5 Å². The van der Waals surface area contributed by atoms with Crippen molar-refractivity contribution in [3.63, 3.8) is 0 Å². The summed E-state index contributed by atoms with van der Waals surface area (Å²) in [4.78, 5) is 28.4. The molecule has 10 heteroatoms. The van der Waals surface area contributed by atoms with Crippen molar-refractivity contribution in [3.8, 4) is 28.7 Å². The first-order valence-electron chi connectivity index (χ1n) is 12.0. The van der Waals surface area contributed by atoms with Crippen molar-refractivity contribution in [2.75, 3.05) is 39.9 Å². The van der Waals surface area contributed by atoms with Gasteiger partial charge in [-0.25, -0.2) is 0 Å². The molecule has 1 saturated heterocycles. The van der Waals surface area contributed by atoms with E-state index < -0.39 is 23.5 Å². The van der Waals surface area contributed by atoms with E-state index in [0.29, 0.717) is 40.9 Å². The van der Waals surface area contributed by atoms with Crippen molar-refractivity contribution in [1.29, 1.82) is 0 Å². The minimum atomic E-state index is -1.03. The molecule has 1 amide bonds. The molecule has 1 fully saturated rings. The molecule has 1 N–H and O–H groups in total. The van der Waals surface area contributed by atoms with Gasteiger partial charge in [0.1, 0.15) is 23.0 Å². The van der Waals surface area contributed by atoms with E-state index in [9.17, 15) is 14.7 Å². The Bertz CT molecular complexity index is 1450. The summed E-state index contributed by atoms with van der Waals surface area (Å²) in [6.07, 6.45) is 0. The summed E-state index contributed by atoms with van der Waals surface area (Å²) in [6.45, 7) is 2.19. The standard InChI is InChI=1S/C29H28ClNO8/c1-6-39-24-12-16(10-11-21(24)36-3)26-25(27(32)19-14-20(30)23(38-5)15-22(19)37-4)28(33)29(34)31(26)17-8-7-9-18(13-17)35-2/h7-15,26,32H,6H2,1-5H3/b27-25+. The molecule has 3 aromatic rings. The lowest BCUT2D eigenvalue weighted by Gasteiger charge is -2.26. The molecule has 4 rings (SSSR count). The Balaban J connectivity index is 2.01. The third-order valence-electron chi connectivity index (χ3n) is 6.31. The summed E-state index contributed by atoms with van der Waals surface area (Å²) in [5.41, 5.74) is 0.862. The fourth-order valence-corrected chi connectivity index (χ4v) is 4.74. The molecule has 0 spiro atoms. The quantitative estimate of drug-likeness (QED) is 0.213. The molecule has 1 aliphatic heterocycles. The lowest BCUT2D eigenvalue weighted by molar-refractivity contribution is -0.132. The van der Waals surface area contributed by atoms with Gasteiger partial charge in [-0.3, -0.25) is 14.5 Å². The van der Waals surface area contributed by atoms with Gasteiger partial charge in [-0.1, -0.05) is 23.7 Å². The smallest absolute Gasteiger partial charge is 0.300 e. The number of halogens is 1. The number of ketones is 1. The number of methoxy groups -OCH3 is 4. The largest absolute Gasteiger partial charge is 0.507 e. The first kappa shape index (κ1) is 27.7. The lowest BCUT2D eigenvalue weighted by atomic mass is 9.94. The van der Waals surface area contributed by atoms with Crippen LogP contribution in [0.4, 0.5) is 5.69 Å². The predicted octanol–water partition coefficient (Wildman–Crippen LogP) is 5.40. The zero-order valence-corrected chi connectivity index (χ0v) is 22.9. The van der Waals surface area contributed by atoms with Gasteiger partial charge in [0.15, 0.2) is 11.5 Å². The maximum atomic E-state index is 13.6. The van der Waals surface area contributed by atoms with Gasteiger partial charge in [-0.2, -0.15) is 0 Å². The van der Waals surface area contributed by atoms with Gasteiger partial charge in [0, 0.05) is 17.8 Å². The van der Waals surface area contributed by atoms with Crippen molar-refractivity contribution >= 4 is 34.7 Å². The van der Waals surface area contributed by atoms with Crippen LogP contribution in [0.5, 0.6) is 28.7 Å². The topological polar surface area (TPSA) is 104 Å². The molecule has 0 aromatic heterocycles. The third kappa shape index (κ3) is 5.05. The van der Waals surface area contributed by atoms with E-state index in [4.69, 9.17) is 35.3 Å². The van der Waals surface area contributed by atoms with Gasteiger partial charge >= 0.3 is 0 Å². The van der Waals surface area contributed by atoms with E-state index in [0.717, 1.165) is 0 Å². The summed E-state index contributed by atoms with van der Waals surface area (Å²) in [6, 6.07) is 13.7. The molecule has 39 heavy (non-hydrogen) atoms. The highest BCUT2D eigenvalue weighted by molar-refractivity contribution is 6.51. The van der Waals surface area contributed by atoms with Crippen LogP contribution in [-0.2, 0) is 9.59 Å². The van der Waals surface area contributed by atoms with Crippen LogP contribution in [0.15, 0.2) is 60.2 Å². The zero-order chi connectivity index (χ0) is 28.3. The SMILES string of the molecule is CCOc1cc(C2/C(=C(\O)c3cc(Cl)c(OC)cc3OC)C(=O)C(=O)N2c2cccc(OC)c2)ccc1OC. The Morgan fingerprint density at radius 3 is 2.23 bits per heavy atom. The number of Topliss-reactive ketones (excluding diaryl/α,β-unsaturated/α-hetero) is 1. The Labute approximate surface area is 231 Å². The number of aliphatic hydroxyl groups excluding tert-OH is 1. The fraction of sp³-hybridized carbons (Fsp3) is 0.241. The summed E-state index contributed by atoms with van der Waals surface area (Å²) >= 11 is 6.35. The molecule has 204 valence electrons. The highest BCUT2D eigenvalue weighted by Gasteiger charge is 2.47. The van der Waals surface area contributed by atoms with Gasteiger partial charge in [-0.15, -0.1) is 0 Å². The highest BCUT2D eigenvalue weighted by Crippen LogP contribution is 2.46. The van der Waals surface area contributed by atoms with Crippen molar-refractivity contribution in [1.82, 2.24) is 0 Å². The van der Waals surface area contributed by atoms with E-state index in [1.807, 2.05) is 6.92 Å². The molecule has 9 nitrogen and oxygen atoms in total. The van der Waals surface area contributed by atoms with Crippen molar-refractivity contribution in [3.05, 3.63) is 76.3 Å². The molecular weight excluding hydrogens is 526 g/mol. The number of carbonyl (C=O) groups excluding carboxylic acids is 2. The van der Waals surface area contributed by atoms with Crippen LogP contribution in [0.2, 0.25) is 5.02 Å². The molecule has 1 aliphatic rings. The number of ether oxygens (including phenoxy) is 5. The van der Waals surface area contributed by atoms with Gasteiger partial charge in [0.2, 0.25) is 0 Å². The van der Waals surface area contributed by atoms with E-state index in [2.05, 4.69) is 0 Å². The molecule has 1 unspecified atom stereocenters. The van der Waals surface area contributed by atoms with Gasteiger partial charge in [0.25, 0.3) is 11.7 Å². The summed E-state index contributed by atoms with van der Waals surface area (Å²) in [5, 5.41) is 11.8. The minimum absolute atomic E-state index is 0.121. The van der Waals surface area contributed by atoms with Gasteiger partial charge < -0.3 is 28.8 Å². The number of anilines is 1. The number of nitrogens with zero attached hydrogens (tertiary/aromatic N) is 1. The van der Waals surface area contributed by atoms with E-state index in [-0.39, 0.29) is 21.9 Å². The predicted molar refractivity (Wildman–Crippen MR) is 146 cm³/mol. The number of rotatable bonds is 9. The maximum Gasteiger partial charge on any atom is 0.300 e. The number of benzene rings is 3. The van der Waals surface area contributed by atoms with Crippen LogP contribution < -0.4 is 28.6 Å². The normalized spacial score (nSPS) is 16.3. The van der Waals surface area contributed by atoms with Crippen LogP contribution >= 0.6 is 11.6 Å². The molecule has 0 bridgehead atoms. The molecule has 0 aliphatic carbocycles. The van der Waals surface area contributed by atoms with Crippen molar-refractivity contribution < 1.29 is 38.4 Å². The monoisotopic (exact) mass is 553 g/mol. The third-order valence-corrected chi connectivity index (χ3v) is 6.60. The van der Waals surface area contributed by atoms with Crippen LogP contribution in [0.25, 0.3) is 5.76 Å². The Morgan fingerprint density at radius 2 is 1.59 bits per heavy atom. The van der Waals surface area contributed by atoms with Crippen molar-refractivity contribution in [2.45, 2.75) is 13.0 Å². The lowest BCUT2D eigenvalue weighted by Crippen LogP contribution is -2.29. The zero-order valence-electron chi connectivity index (χ0n) is 22.1. The number of hydrogen-bond donors (Lipinski definition) is 1. The molecule has 0 radical (unpaired) electrons. The Kier molecular flexibility index (Phi) is 8.21. The second-order valence-electron chi connectivity index (χ2n) is 8.40. The maximum absolute atomic E-state index is 13.6. The molecule has 3 aromatic carbocycles. The molecule has 1 atom stereocenters. The van der Waals surface area contributed by atoms with Gasteiger partial charge in [-0.05, 0) is 42.8 Å². The average Bonchev–Trinajstić information content (AvgIpc) is 3.22. The fourth-order valence-electron chi connectivity index (χ4n) is 4.50. The number of amides is 1. The Morgan fingerprint density at radius 1 is 0.872 bits per heavy atom. The molecular formula is C29H28ClNO8. The van der Waals surface area contributed by atoms with Crippen LogP contribution in [0.1, 0.15) is 24.1 Å². The minimum Gasteiger partial charge on any atom is -0.507 e. The first-order chi connectivity index (χ1) is 18.8. The molecule has 1 heterocycles. The van der Waals surface area contributed by atoms with Crippen molar-refractivity contribution in [2.24, 2.45) is 0 Å². The summed E-state index contributed by atoms with van der Waals surface area (Å²) in [5.74, 6) is -0.285. The highest BCUT2D eigenvalue weighted by atomic mass is 35.5. The second-order valence-corrected chi connectivity index (χ2v) is 8.81. The first-order valence-corrected chi connectivity index (χ1v) is 12.3. The number of hydrogen-bond acceptors (Lipinski definition) is 8. The van der Waals surface area contributed by atoms with Crippen LogP contribution in [-0.4, -0.2) is 51.8 Å². The second kappa shape index (κ2) is 11.6. The number of aliphatic hydroxyl groups is 1. The average molecular weight is 554 g/mol.